The highest BCUT2D eigenvalue weighted by molar-refractivity contribution is 5.63. The molecule has 1 aromatic carbocycles. The van der Waals surface area contributed by atoms with Gasteiger partial charge < -0.3 is 14.6 Å². The second-order valence-corrected chi connectivity index (χ2v) is 4.76. The number of pyridine rings is 1. The van der Waals surface area contributed by atoms with E-state index in [9.17, 15) is 23.4 Å². The molecule has 2 heterocycles. The summed E-state index contributed by atoms with van der Waals surface area (Å²) in [6.45, 7) is 0. The Kier molecular flexibility index (Phi) is 3.76. The molecule has 2 aromatic heterocycles. The first kappa shape index (κ1) is 15.7. The van der Waals surface area contributed by atoms with Crippen LogP contribution in [0.1, 0.15) is 5.56 Å². The molecule has 0 aliphatic heterocycles. The first-order valence-corrected chi connectivity index (χ1v) is 6.62. The number of rotatable bonds is 3. The summed E-state index contributed by atoms with van der Waals surface area (Å²) in [5.41, 5.74) is -0.366. The van der Waals surface area contributed by atoms with Crippen molar-refractivity contribution in [2.24, 2.45) is 0 Å². The third kappa shape index (κ3) is 3.09. The van der Waals surface area contributed by atoms with E-state index in [2.05, 4.69) is 15.3 Å². The standard InChI is InChI=1S/C15H10F3N3O3/c16-15(17,18)9-3-1-8(2-4-9)11-7-20-14(24-11)21-13-12(23)10(22)5-6-19-13/h1-7,23H,(H2,19,20,21,22). The molecule has 24 heavy (non-hydrogen) atoms. The van der Waals surface area contributed by atoms with Crippen LogP contribution in [0.15, 0.2) is 47.1 Å². The molecule has 3 rings (SSSR count). The topological polar surface area (TPSA) is 91.4 Å². The maximum absolute atomic E-state index is 12.5. The van der Waals surface area contributed by atoms with Gasteiger partial charge in [-0.15, -0.1) is 0 Å². The molecule has 0 bridgehead atoms. The van der Waals surface area contributed by atoms with E-state index in [-0.39, 0.29) is 23.3 Å². The lowest BCUT2D eigenvalue weighted by atomic mass is 10.1. The Morgan fingerprint density at radius 1 is 1.00 bits per heavy atom. The van der Waals surface area contributed by atoms with Crippen molar-refractivity contribution in [3.8, 4) is 22.8 Å². The number of benzene rings is 1. The number of oxazole rings is 1. The van der Waals surface area contributed by atoms with Crippen LogP contribution in [0, 0.1) is 0 Å². The zero-order valence-electron chi connectivity index (χ0n) is 11.9. The van der Waals surface area contributed by atoms with Crippen LogP contribution < -0.4 is 5.32 Å². The minimum absolute atomic E-state index is 0.0432. The van der Waals surface area contributed by atoms with Crippen LogP contribution in [0.25, 0.3) is 11.3 Å². The van der Waals surface area contributed by atoms with Crippen LogP contribution in [0.3, 0.4) is 0 Å². The van der Waals surface area contributed by atoms with Crippen LogP contribution >= 0.6 is 0 Å². The normalized spacial score (nSPS) is 11.5. The van der Waals surface area contributed by atoms with Crippen LogP contribution in [0.2, 0.25) is 0 Å². The van der Waals surface area contributed by atoms with E-state index in [0.29, 0.717) is 5.56 Å². The molecule has 3 N–H and O–H groups in total. The lowest BCUT2D eigenvalue weighted by Crippen LogP contribution is -2.03. The highest BCUT2D eigenvalue weighted by Crippen LogP contribution is 2.34. The average Bonchev–Trinajstić information content (AvgIpc) is 3.00. The zero-order chi connectivity index (χ0) is 17.3. The molecule has 0 spiro atoms. The SMILES string of the molecule is Oc1ccnc(Nc2ncc(-c3ccc(C(F)(F)F)cc3)o2)c1O. The summed E-state index contributed by atoms with van der Waals surface area (Å²) >= 11 is 0. The molecule has 0 unspecified atom stereocenters. The highest BCUT2D eigenvalue weighted by atomic mass is 19.4. The van der Waals surface area contributed by atoms with Gasteiger partial charge in [-0.1, -0.05) is 12.1 Å². The van der Waals surface area contributed by atoms with Gasteiger partial charge in [-0.05, 0) is 12.1 Å². The van der Waals surface area contributed by atoms with Crippen molar-refractivity contribution >= 4 is 11.8 Å². The van der Waals surface area contributed by atoms with Gasteiger partial charge >= 0.3 is 12.2 Å². The Hall–Kier alpha value is -3.23. The first-order valence-electron chi connectivity index (χ1n) is 6.62. The summed E-state index contributed by atoms with van der Waals surface area (Å²) in [4.78, 5) is 7.71. The third-order valence-corrected chi connectivity index (χ3v) is 3.13. The smallest absolute Gasteiger partial charge is 0.416 e. The van der Waals surface area contributed by atoms with Crippen LogP contribution in [0.4, 0.5) is 25.0 Å². The molecule has 124 valence electrons. The number of halogens is 3. The van der Waals surface area contributed by atoms with E-state index in [1.54, 1.807) is 0 Å². The predicted molar refractivity (Wildman–Crippen MR) is 77.8 cm³/mol. The van der Waals surface area contributed by atoms with Gasteiger partial charge in [0, 0.05) is 17.8 Å². The molecule has 0 atom stereocenters. The van der Waals surface area contributed by atoms with Crippen LogP contribution in [-0.2, 0) is 6.18 Å². The van der Waals surface area contributed by atoms with E-state index in [0.717, 1.165) is 12.1 Å². The zero-order valence-corrected chi connectivity index (χ0v) is 11.9. The summed E-state index contributed by atoms with van der Waals surface area (Å²) in [5, 5.41) is 21.6. The van der Waals surface area contributed by atoms with Gasteiger partial charge in [0.25, 0.3) is 0 Å². The quantitative estimate of drug-likeness (QED) is 0.671. The molecule has 9 heteroatoms. The van der Waals surface area contributed by atoms with Crippen molar-refractivity contribution in [1.82, 2.24) is 9.97 Å². The summed E-state index contributed by atoms with van der Waals surface area (Å²) in [7, 11) is 0. The summed E-state index contributed by atoms with van der Waals surface area (Å²) in [6.07, 6.45) is -1.84. The summed E-state index contributed by atoms with van der Waals surface area (Å²) in [5.74, 6) is -0.699. The van der Waals surface area contributed by atoms with Gasteiger partial charge in [-0.2, -0.15) is 13.2 Å². The molecule has 0 amide bonds. The van der Waals surface area contributed by atoms with E-state index in [1.165, 1.54) is 30.6 Å². The Morgan fingerprint density at radius 2 is 1.71 bits per heavy atom. The number of hydrogen-bond acceptors (Lipinski definition) is 6. The second kappa shape index (κ2) is 5.76. The number of aromatic hydroxyl groups is 2. The number of hydrogen-bond donors (Lipinski definition) is 3. The fourth-order valence-electron chi connectivity index (χ4n) is 1.93. The number of aromatic nitrogens is 2. The Bertz CT molecular complexity index is 860. The van der Waals surface area contributed by atoms with Crippen LogP contribution in [-0.4, -0.2) is 20.2 Å². The van der Waals surface area contributed by atoms with E-state index >= 15 is 0 Å². The van der Waals surface area contributed by atoms with Gasteiger partial charge in [-0.25, -0.2) is 9.97 Å². The van der Waals surface area contributed by atoms with E-state index < -0.39 is 17.5 Å². The molecular weight excluding hydrogens is 327 g/mol. The van der Waals surface area contributed by atoms with Crippen molar-refractivity contribution in [2.75, 3.05) is 5.32 Å². The average molecular weight is 337 g/mol. The van der Waals surface area contributed by atoms with Gasteiger partial charge in [0.15, 0.2) is 17.3 Å². The van der Waals surface area contributed by atoms with Crippen molar-refractivity contribution in [3.05, 3.63) is 48.3 Å². The maximum Gasteiger partial charge on any atom is 0.416 e. The van der Waals surface area contributed by atoms with E-state index in [1.807, 2.05) is 0 Å². The fourth-order valence-corrected chi connectivity index (χ4v) is 1.93. The lowest BCUT2D eigenvalue weighted by Gasteiger charge is -2.06. The lowest BCUT2D eigenvalue weighted by molar-refractivity contribution is -0.137. The molecule has 0 fully saturated rings. The monoisotopic (exact) mass is 337 g/mol. The minimum atomic E-state index is -4.41. The minimum Gasteiger partial charge on any atom is -0.504 e. The molecular formula is C15H10F3N3O3. The molecule has 3 aromatic rings. The Morgan fingerprint density at radius 3 is 2.38 bits per heavy atom. The van der Waals surface area contributed by atoms with Crippen molar-refractivity contribution in [2.45, 2.75) is 6.18 Å². The second-order valence-electron chi connectivity index (χ2n) is 4.76. The summed E-state index contributed by atoms with van der Waals surface area (Å²) < 4.78 is 43.0. The van der Waals surface area contributed by atoms with Gasteiger partial charge in [0.05, 0.1) is 11.8 Å². The molecule has 0 saturated heterocycles. The van der Waals surface area contributed by atoms with E-state index in [4.69, 9.17) is 4.42 Å². The maximum atomic E-state index is 12.5. The number of nitrogens with zero attached hydrogens (tertiary/aromatic N) is 2. The number of nitrogens with one attached hydrogen (secondary N) is 1. The molecule has 0 saturated carbocycles. The van der Waals surface area contributed by atoms with Gasteiger partial charge in [-0.3, -0.25) is 5.32 Å². The molecule has 0 aliphatic carbocycles. The van der Waals surface area contributed by atoms with Crippen molar-refractivity contribution in [3.63, 3.8) is 0 Å². The number of alkyl halides is 3. The number of anilines is 2. The first-order chi connectivity index (χ1) is 11.3. The van der Waals surface area contributed by atoms with Gasteiger partial charge in [0.2, 0.25) is 5.75 Å². The molecule has 0 aliphatic rings. The predicted octanol–water partition coefficient (Wildman–Crippen LogP) is 3.91. The van der Waals surface area contributed by atoms with Crippen molar-refractivity contribution in [1.29, 1.82) is 0 Å². The molecule has 6 nitrogen and oxygen atoms in total. The third-order valence-electron chi connectivity index (χ3n) is 3.13. The largest absolute Gasteiger partial charge is 0.504 e. The van der Waals surface area contributed by atoms with Gasteiger partial charge in [0.1, 0.15) is 0 Å². The fraction of sp³-hybridized carbons (Fsp3) is 0.0667. The Labute approximate surface area is 133 Å². The van der Waals surface area contributed by atoms with Crippen molar-refractivity contribution < 1.29 is 27.8 Å². The Balaban J connectivity index is 1.82. The summed E-state index contributed by atoms with van der Waals surface area (Å²) in [6, 6.07) is 5.55. The molecule has 0 radical (unpaired) electrons. The van der Waals surface area contributed by atoms with Crippen LogP contribution in [0.5, 0.6) is 11.5 Å². The highest BCUT2D eigenvalue weighted by Gasteiger charge is 2.30.